The average molecular weight is 517 g/mol. The molecule has 0 bridgehead atoms. The van der Waals surface area contributed by atoms with E-state index in [4.69, 9.17) is 4.99 Å². The Labute approximate surface area is 184 Å². The normalized spacial score (nSPS) is 18.5. The summed E-state index contributed by atoms with van der Waals surface area (Å²) in [6, 6.07) is 10.0. The molecule has 154 valence electrons. The van der Waals surface area contributed by atoms with E-state index in [1.165, 1.54) is 0 Å². The SMILES string of the molecule is CCNC(=NCc1cc(N(C)C)nc2ccccc12)NC1CCS(=O)(=O)C1.I. The number of nitrogens with zero attached hydrogens (tertiary/aromatic N) is 3. The van der Waals surface area contributed by atoms with Crippen molar-refractivity contribution < 1.29 is 8.42 Å². The second kappa shape index (κ2) is 9.73. The molecule has 1 aromatic carbocycles. The minimum Gasteiger partial charge on any atom is -0.363 e. The van der Waals surface area contributed by atoms with Gasteiger partial charge in [-0.3, -0.25) is 0 Å². The monoisotopic (exact) mass is 517 g/mol. The minimum absolute atomic E-state index is 0. The van der Waals surface area contributed by atoms with Crippen LogP contribution in [0.1, 0.15) is 18.9 Å². The molecule has 1 aliphatic heterocycles. The number of halogens is 1. The molecular formula is C19H28IN5O2S. The van der Waals surface area contributed by atoms with Crippen LogP contribution < -0.4 is 15.5 Å². The molecule has 1 saturated heterocycles. The van der Waals surface area contributed by atoms with E-state index >= 15 is 0 Å². The maximum absolute atomic E-state index is 11.7. The summed E-state index contributed by atoms with van der Waals surface area (Å²) in [5.74, 6) is 1.94. The van der Waals surface area contributed by atoms with Gasteiger partial charge in [0.05, 0.1) is 23.6 Å². The van der Waals surface area contributed by atoms with Gasteiger partial charge in [0.1, 0.15) is 5.82 Å². The second-order valence-electron chi connectivity index (χ2n) is 6.99. The lowest BCUT2D eigenvalue weighted by molar-refractivity contribution is 0.599. The Balaban J connectivity index is 0.00000280. The Hall–Kier alpha value is -1.62. The highest BCUT2D eigenvalue weighted by Crippen LogP contribution is 2.22. The number of benzene rings is 1. The third kappa shape index (κ3) is 5.69. The summed E-state index contributed by atoms with van der Waals surface area (Å²) in [5, 5.41) is 7.55. The van der Waals surface area contributed by atoms with Crippen LogP contribution in [-0.4, -0.2) is 57.5 Å². The van der Waals surface area contributed by atoms with Crippen LogP contribution in [0.25, 0.3) is 10.9 Å². The molecule has 3 rings (SSSR count). The summed E-state index contributed by atoms with van der Waals surface area (Å²) in [6.07, 6.45) is 0.621. The highest BCUT2D eigenvalue weighted by Gasteiger charge is 2.28. The predicted molar refractivity (Wildman–Crippen MR) is 126 cm³/mol. The Morgan fingerprint density at radius 3 is 2.71 bits per heavy atom. The summed E-state index contributed by atoms with van der Waals surface area (Å²) < 4.78 is 23.4. The lowest BCUT2D eigenvalue weighted by atomic mass is 10.1. The van der Waals surface area contributed by atoms with Gasteiger partial charge in [-0.25, -0.2) is 18.4 Å². The zero-order valence-corrected chi connectivity index (χ0v) is 19.6. The second-order valence-corrected chi connectivity index (χ2v) is 9.22. The van der Waals surface area contributed by atoms with Gasteiger partial charge in [-0.2, -0.15) is 0 Å². The number of nitrogens with one attached hydrogen (secondary N) is 2. The molecule has 0 saturated carbocycles. The molecule has 1 aromatic heterocycles. The molecule has 28 heavy (non-hydrogen) atoms. The fraction of sp³-hybridized carbons (Fsp3) is 0.474. The van der Waals surface area contributed by atoms with Gasteiger partial charge in [0.2, 0.25) is 0 Å². The summed E-state index contributed by atoms with van der Waals surface area (Å²) in [4.78, 5) is 11.4. The van der Waals surface area contributed by atoms with Crippen LogP contribution in [0.2, 0.25) is 0 Å². The third-order valence-electron chi connectivity index (χ3n) is 4.57. The summed E-state index contributed by atoms with van der Waals surface area (Å²) in [5.41, 5.74) is 2.02. The Morgan fingerprint density at radius 1 is 1.32 bits per heavy atom. The van der Waals surface area contributed by atoms with E-state index in [-0.39, 0.29) is 41.5 Å². The van der Waals surface area contributed by atoms with Crippen molar-refractivity contribution in [2.24, 2.45) is 4.99 Å². The Morgan fingerprint density at radius 2 is 2.07 bits per heavy atom. The van der Waals surface area contributed by atoms with Crippen molar-refractivity contribution in [2.45, 2.75) is 25.9 Å². The first-order valence-electron chi connectivity index (χ1n) is 9.19. The maximum Gasteiger partial charge on any atom is 0.191 e. The highest BCUT2D eigenvalue weighted by molar-refractivity contribution is 14.0. The van der Waals surface area contributed by atoms with Gasteiger partial charge in [0.15, 0.2) is 15.8 Å². The molecule has 7 nitrogen and oxygen atoms in total. The predicted octanol–water partition coefficient (Wildman–Crippen LogP) is 2.16. The summed E-state index contributed by atoms with van der Waals surface area (Å²) in [7, 11) is 1.01. The lowest BCUT2D eigenvalue weighted by Gasteiger charge is -2.17. The van der Waals surface area contributed by atoms with E-state index < -0.39 is 9.84 Å². The molecule has 1 unspecified atom stereocenters. The molecule has 9 heteroatoms. The van der Waals surface area contributed by atoms with Crippen molar-refractivity contribution in [3.8, 4) is 0 Å². The number of guanidine groups is 1. The van der Waals surface area contributed by atoms with Crippen LogP contribution in [0.4, 0.5) is 5.82 Å². The highest BCUT2D eigenvalue weighted by atomic mass is 127. The van der Waals surface area contributed by atoms with E-state index in [1.54, 1.807) is 0 Å². The van der Waals surface area contributed by atoms with Gasteiger partial charge in [-0.1, -0.05) is 18.2 Å². The minimum atomic E-state index is -2.93. The number of para-hydroxylation sites is 1. The van der Waals surface area contributed by atoms with E-state index in [1.807, 2.05) is 44.1 Å². The number of aliphatic imine (C=N–C) groups is 1. The molecule has 1 aliphatic rings. The number of hydrogen-bond donors (Lipinski definition) is 2. The topological polar surface area (TPSA) is 86.7 Å². The number of hydrogen-bond acceptors (Lipinski definition) is 5. The van der Waals surface area contributed by atoms with Crippen LogP contribution in [0.15, 0.2) is 35.3 Å². The van der Waals surface area contributed by atoms with Gasteiger partial charge >= 0.3 is 0 Å². The number of aromatic nitrogens is 1. The quantitative estimate of drug-likeness (QED) is 0.359. The molecule has 2 aromatic rings. The molecular weight excluding hydrogens is 489 g/mol. The Kier molecular flexibility index (Phi) is 7.87. The molecule has 2 heterocycles. The van der Waals surface area contributed by atoms with Crippen molar-refractivity contribution in [2.75, 3.05) is 37.0 Å². The molecule has 1 fully saturated rings. The van der Waals surface area contributed by atoms with E-state index in [0.717, 1.165) is 22.3 Å². The average Bonchev–Trinajstić information content (AvgIpc) is 2.97. The zero-order valence-electron chi connectivity index (χ0n) is 16.5. The van der Waals surface area contributed by atoms with Gasteiger partial charge < -0.3 is 15.5 Å². The van der Waals surface area contributed by atoms with Gasteiger partial charge in [0.25, 0.3) is 0 Å². The molecule has 0 radical (unpaired) electrons. The fourth-order valence-corrected chi connectivity index (χ4v) is 4.85. The lowest BCUT2D eigenvalue weighted by Crippen LogP contribution is -2.44. The number of fused-ring (bicyclic) bond motifs is 1. The van der Waals surface area contributed by atoms with Crippen LogP contribution >= 0.6 is 24.0 Å². The van der Waals surface area contributed by atoms with Crippen molar-refractivity contribution in [3.05, 3.63) is 35.9 Å². The van der Waals surface area contributed by atoms with Crippen molar-refractivity contribution in [1.82, 2.24) is 15.6 Å². The molecule has 0 aliphatic carbocycles. The standard InChI is InChI=1S/C19H27N5O2S.HI/c1-4-20-19(22-15-9-10-27(25,26)13-15)21-12-14-11-18(24(2)3)23-17-8-6-5-7-16(14)17;/h5-8,11,15H,4,9-10,12-13H2,1-3H3,(H2,20,21,22);1H. The van der Waals surface area contributed by atoms with Crippen LogP contribution in [-0.2, 0) is 16.4 Å². The molecule has 1 atom stereocenters. The smallest absolute Gasteiger partial charge is 0.191 e. The molecule has 2 N–H and O–H groups in total. The summed E-state index contributed by atoms with van der Waals surface area (Å²) in [6.45, 7) is 3.19. The van der Waals surface area contributed by atoms with Crippen LogP contribution in [0.3, 0.4) is 0 Å². The van der Waals surface area contributed by atoms with Gasteiger partial charge in [-0.15, -0.1) is 24.0 Å². The van der Waals surface area contributed by atoms with Crippen molar-refractivity contribution in [1.29, 1.82) is 0 Å². The van der Waals surface area contributed by atoms with Gasteiger partial charge in [-0.05, 0) is 31.0 Å². The van der Waals surface area contributed by atoms with Crippen LogP contribution in [0.5, 0.6) is 0 Å². The zero-order chi connectivity index (χ0) is 19.4. The first kappa shape index (κ1) is 22.7. The van der Waals surface area contributed by atoms with Gasteiger partial charge in [0, 0.05) is 32.1 Å². The van der Waals surface area contributed by atoms with Crippen molar-refractivity contribution >= 4 is 56.5 Å². The van der Waals surface area contributed by atoms with Crippen LogP contribution in [0, 0.1) is 0 Å². The molecule has 0 spiro atoms. The number of anilines is 1. The number of rotatable bonds is 5. The largest absolute Gasteiger partial charge is 0.363 e. The Bertz CT molecular complexity index is 946. The maximum atomic E-state index is 11.7. The third-order valence-corrected chi connectivity index (χ3v) is 6.34. The fourth-order valence-electron chi connectivity index (χ4n) is 3.18. The number of pyridine rings is 1. The van der Waals surface area contributed by atoms with E-state index in [0.29, 0.717) is 25.5 Å². The van der Waals surface area contributed by atoms with E-state index in [9.17, 15) is 8.42 Å². The number of sulfone groups is 1. The first-order valence-corrected chi connectivity index (χ1v) is 11.0. The summed E-state index contributed by atoms with van der Waals surface area (Å²) >= 11 is 0. The first-order chi connectivity index (χ1) is 12.9. The van der Waals surface area contributed by atoms with E-state index in [2.05, 4.69) is 27.8 Å². The van der Waals surface area contributed by atoms with Crippen molar-refractivity contribution in [3.63, 3.8) is 0 Å². The molecule has 0 amide bonds.